The molecule has 0 radical (unpaired) electrons. The number of anilines is 1. The predicted octanol–water partition coefficient (Wildman–Crippen LogP) is 2.95. The first kappa shape index (κ1) is 17.0. The van der Waals surface area contributed by atoms with Crippen molar-refractivity contribution in [2.24, 2.45) is 0 Å². The van der Waals surface area contributed by atoms with Crippen LogP contribution >= 0.6 is 11.6 Å². The largest absolute Gasteiger partial charge is 0.329 e. The van der Waals surface area contributed by atoms with Crippen molar-refractivity contribution < 1.29 is 14.4 Å². The van der Waals surface area contributed by atoms with Gasteiger partial charge in [0.25, 0.3) is 5.91 Å². The zero-order chi connectivity index (χ0) is 18.0. The minimum Gasteiger partial charge on any atom is -0.329 e. The molecule has 25 heavy (non-hydrogen) atoms. The average Bonchev–Trinajstić information content (AvgIpc) is 2.91. The van der Waals surface area contributed by atoms with Crippen molar-refractivity contribution in [1.29, 1.82) is 0 Å². The van der Waals surface area contributed by atoms with E-state index in [1.807, 2.05) is 6.92 Å². The van der Waals surface area contributed by atoms with Gasteiger partial charge in [-0.25, -0.2) is 4.79 Å². The van der Waals surface area contributed by atoms with E-state index in [1.54, 1.807) is 42.5 Å². The minimum atomic E-state index is -0.398. The van der Waals surface area contributed by atoms with Crippen molar-refractivity contribution in [1.82, 2.24) is 10.2 Å². The van der Waals surface area contributed by atoms with Crippen molar-refractivity contribution in [3.63, 3.8) is 0 Å². The molecule has 0 aromatic heterocycles. The zero-order valence-electron chi connectivity index (χ0n) is 13.5. The van der Waals surface area contributed by atoms with Crippen LogP contribution in [-0.2, 0) is 11.3 Å². The third-order valence-electron chi connectivity index (χ3n) is 3.91. The van der Waals surface area contributed by atoms with Crippen LogP contribution in [0.15, 0.2) is 42.5 Å². The molecule has 0 unspecified atom stereocenters. The molecule has 0 aliphatic carbocycles. The molecule has 0 bridgehead atoms. The quantitative estimate of drug-likeness (QED) is 0.826. The summed E-state index contributed by atoms with van der Waals surface area (Å²) >= 11 is 5.97. The number of hydrogen-bond acceptors (Lipinski definition) is 3. The van der Waals surface area contributed by atoms with E-state index in [0.29, 0.717) is 16.3 Å². The third kappa shape index (κ3) is 3.80. The molecule has 2 aromatic carbocycles. The van der Waals surface area contributed by atoms with Gasteiger partial charge in [0.1, 0.15) is 0 Å². The van der Waals surface area contributed by atoms with Crippen LogP contribution in [0.2, 0.25) is 5.02 Å². The van der Waals surface area contributed by atoms with Gasteiger partial charge in [-0.15, -0.1) is 0 Å². The zero-order valence-corrected chi connectivity index (χ0v) is 14.3. The van der Waals surface area contributed by atoms with Gasteiger partial charge < -0.3 is 10.6 Å². The molecule has 2 N–H and O–H groups in total. The lowest BCUT2D eigenvalue weighted by Crippen LogP contribution is -2.30. The molecule has 1 saturated heterocycles. The monoisotopic (exact) mass is 357 g/mol. The highest BCUT2D eigenvalue weighted by Gasteiger charge is 2.28. The first-order valence-electron chi connectivity index (χ1n) is 7.68. The number of halogens is 1. The molecule has 0 atom stereocenters. The van der Waals surface area contributed by atoms with Crippen molar-refractivity contribution in [3.05, 3.63) is 64.2 Å². The molecular weight excluding hydrogens is 342 g/mol. The van der Waals surface area contributed by atoms with Gasteiger partial charge in [0.05, 0.1) is 13.1 Å². The first-order chi connectivity index (χ1) is 11.9. The molecule has 1 heterocycles. The van der Waals surface area contributed by atoms with Crippen molar-refractivity contribution in [2.75, 3.05) is 11.9 Å². The topological polar surface area (TPSA) is 78.5 Å². The van der Waals surface area contributed by atoms with E-state index in [0.717, 1.165) is 16.0 Å². The van der Waals surface area contributed by atoms with Crippen LogP contribution < -0.4 is 10.6 Å². The SMILES string of the molecule is Cc1cc(NC(=O)c2ccc(CN3C(=O)CNC3=O)cc2)ccc1Cl. The lowest BCUT2D eigenvalue weighted by molar-refractivity contribution is -0.125. The van der Waals surface area contributed by atoms with Crippen LogP contribution in [0.3, 0.4) is 0 Å². The Hall–Kier alpha value is -2.86. The second kappa shape index (κ2) is 6.94. The average molecular weight is 358 g/mol. The molecule has 128 valence electrons. The van der Waals surface area contributed by atoms with Gasteiger partial charge in [-0.1, -0.05) is 23.7 Å². The third-order valence-corrected chi connectivity index (χ3v) is 4.33. The fraction of sp³-hybridized carbons (Fsp3) is 0.167. The smallest absolute Gasteiger partial charge is 0.324 e. The molecule has 0 spiro atoms. The molecular formula is C18H16ClN3O3. The highest BCUT2D eigenvalue weighted by atomic mass is 35.5. The van der Waals surface area contributed by atoms with E-state index in [4.69, 9.17) is 11.6 Å². The fourth-order valence-electron chi connectivity index (χ4n) is 2.49. The number of nitrogens with zero attached hydrogens (tertiary/aromatic N) is 1. The first-order valence-corrected chi connectivity index (χ1v) is 8.06. The Kier molecular flexibility index (Phi) is 4.72. The summed E-state index contributed by atoms with van der Waals surface area (Å²) in [5.74, 6) is -0.506. The van der Waals surface area contributed by atoms with E-state index >= 15 is 0 Å². The number of carbonyl (C=O) groups is 3. The summed E-state index contributed by atoms with van der Waals surface area (Å²) in [6.45, 7) is 2.07. The standard InChI is InChI=1S/C18H16ClN3O3/c1-11-8-14(6-7-15(11)19)21-17(24)13-4-2-12(3-5-13)10-22-16(23)9-20-18(22)25/h2-8H,9-10H2,1H3,(H,20,25)(H,21,24). The highest BCUT2D eigenvalue weighted by Crippen LogP contribution is 2.20. The Morgan fingerprint density at radius 1 is 1.20 bits per heavy atom. The van der Waals surface area contributed by atoms with E-state index in [9.17, 15) is 14.4 Å². The molecule has 1 fully saturated rings. The summed E-state index contributed by atoms with van der Waals surface area (Å²) in [7, 11) is 0. The number of rotatable bonds is 4. The number of nitrogens with one attached hydrogen (secondary N) is 2. The molecule has 1 aliphatic rings. The molecule has 3 rings (SSSR count). The van der Waals surface area contributed by atoms with Crippen molar-refractivity contribution in [2.45, 2.75) is 13.5 Å². The number of carbonyl (C=O) groups excluding carboxylic acids is 3. The van der Waals surface area contributed by atoms with Crippen LogP contribution in [0.4, 0.5) is 10.5 Å². The van der Waals surface area contributed by atoms with Gasteiger partial charge in [0.15, 0.2) is 0 Å². The summed E-state index contributed by atoms with van der Waals surface area (Å²) in [4.78, 5) is 36.6. The number of amides is 4. The Bertz CT molecular complexity index is 833. The van der Waals surface area contributed by atoms with Crippen LogP contribution in [0, 0.1) is 6.92 Å². The van der Waals surface area contributed by atoms with Gasteiger partial charge in [-0.05, 0) is 48.4 Å². The summed E-state index contributed by atoms with van der Waals surface area (Å²) in [6, 6.07) is 11.6. The molecule has 2 aromatic rings. The van der Waals surface area contributed by atoms with Gasteiger partial charge in [-0.3, -0.25) is 14.5 Å². The fourth-order valence-corrected chi connectivity index (χ4v) is 2.60. The van der Waals surface area contributed by atoms with E-state index in [1.165, 1.54) is 0 Å². The molecule has 1 aliphatic heterocycles. The summed E-state index contributed by atoms with van der Waals surface area (Å²) in [6.07, 6.45) is 0. The Morgan fingerprint density at radius 3 is 2.52 bits per heavy atom. The van der Waals surface area contributed by atoms with Gasteiger partial charge in [0, 0.05) is 16.3 Å². The normalized spacial score (nSPS) is 13.8. The van der Waals surface area contributed by atoms with Crippen LogP contribution in [0.5, 0.6) is 0 Å². The lowest BCUT2D eigenvalue weighted by Gasteiger charge is -2.12. The van der Waals surface area contributed by atoms with E-state index in [2.05, 4.69) is 10.6 Å². The summed E-state index contributed by atoms with van der Waals surface area (Å²) in [5, 5.41) is 5.92. The number of aryl methyl sites for hydroxylation is 1. The minimum absolute atomic E-state index is 0.0276. The number of hydrogen-bond donors (Lipinski definition) is 2. The van der Waals surface area contributed by atoms with E-state index in [-0.39, 0.29) is 24.9 Å². The summed E-state index contributed by atoms with van der Waals surface area (Å²) in [5.41, 5.74) is 2.79. The van der Waals surface area contributed by atoms with Crippen LogP contribution in [0.1, 0.15) is 21.5 Å². The van der Waals surface area contributed by atoms with Gasteiger partial charge in [-0.2, -0.15) is 0 Å². The second-order valence-corrected chi connectivity index (χ2v) is 6.16. The van der Waals surface area contributed by atoms with Crippen LogP contribution in [-0.4, -0.2) is 29.3 Å². The lowest BCUT2D eigenvalue weighted by atomic mass is 10.1. The number of imide groups is 1. The summed E-state index contributed by atoms with van der Waals surface area (Å²) < 4.78 is 0. The molecule has 4 amide bonds. The molecule has 6 nitrogen and oxygen atoms in total. The highest BCUT2D eigenvalue weighted by molar-refractivity contribution is 6.31. The maximum absolute atomic E-state index is 12.3. The molecule has 0 saturated carbocycles. The van der Waals surface area contributed by atoms with E-state index < -0.39 is 6.03 Å². The maximum atomic E-state index is 12.3. The van der Waals surface area contributed by atoms with Crippen LogP contribution in [0.25, 0.3) is 0 Å². The Labute approximate surface area is 149 Å². The predicted molar refractivity (Wildman–Crippen MR) is 94.5 cm³/mol. The number of benzene rings is 2. The second-order valence-electron chi connectivity index (χ2n) is 5.75. The molecule has 7 heteroatoms. The number of urea groups is 1. The van der Waals surface area contributed by atoms with Crippen molar-refractivity contribution >= 4 is 35.1 Å². The Morgan fingerprint density at radius 2 is 1.92 bits per heavy atom. The van der Waals surface area contributed by atoms with Gasteiger partial charge >= 0.3 is 6.03 Å². The van der Waals surface area contributed by atoms with Gasteiger partial charge in [0.2, 0.25) is 5.91 Å². The van der Waals surface area contributed by atoms with Crippen molar-refractivity contribution in [3.8, 4) is 0 Å². The Balaban J connectivity index is 1.67. The maximum Gasteiger partial charge on any atom is 0.324 e.